The Morgan fingerprint density at radius 3 is 1.55 bits per heavy atom. The van der Waals surface area contributed by atoms with Crippen molar-refractivity contribution in [2.45, 2.75) is 0 Å². The van der Waals surface area contributed by atoms with Gasteiger partial charge in [-0.3, -0.25) is 0 Å². The van der Waals surface area contributed by atoms with Gasteiger partial charge in [-0.25, -0.2) is 0 Å². The molecule has 1 aromatic rings. The van der Waals surface area contributed by atoms with Crippen molar-refractivity contribution in [1.29, 1.82) is 5.26 Å². The molecule has 0 saturated carbocycles. The third-order valence-corrected chi connectivity index (χ3v) is 0.607. The van der Waals surface area contributed by atoms with Crippen LogP contribution in [0.15, 0.2) is 30.3 Å². The van der Waals surface area contributed by atoms with Crippen LogP contribution in [0.3, 0.4) is 0 Å². The van der Waals surface area contributed by atoms with Crippen molar-refractivity contribution in [2.75, 3.05) is 0 Å². The van der Waals surface area contributed by atoms with Crippen molar-refractivity contribution < 1.29 is 32.2 Å². The zero-order valence-corrected chi connectivity index (χ0v) is 11.8. The van der Waals surface area contributed by atoms with Crippen LogP contribution in [-0.2, 0) is 32.2 Å². The van der Waals surface area contributed by atoms with Gasteiger partial charge in [0.25, 0.3) is 0 Å². The van der Waals surface area contributed by atoms with Crippen LogP contribution < -0.4 is 0 Å². The second-order valence-electron chi connectivity index (χ2n) is 1.08. The average molecular weight is 359 g/mol. The van der Waals surface area contributed by atoms with Crippen LogP contribution in [-0.4, -0.2) is 0 Å². The Morgan fingerprint density at radius 1 is 1.09 bits per heavy atom. The van der Waals surface area contributed by atoms with E-state index in [1.165, 1.54) is 0 Å². The molecule has 1 aromatic carbocycles. The van der Waals surface area contributed by atoms with Crippen molar-refractivity contribution >= 4 is 20.3 Å². The van der Waals surface area contributed by atoms with Gasteiger partial charge in [0.05, 0.1) is 0 Å². The van der Waals surface area contributed by atoms with Gasteiger partial charge in [0.2, 0.25) is 0 Å². The van der Waals surface area contributed by atoms with E-state index in [4.69, 9.17) is 11.8 Å². The molecule has 0 radical (unpaired) electrons. The summed E-state index contributed by atoms with van der Waals surface area (Å²) in [4.78, 5) is 0. The summed E-state index contributed by atoms with van der Waals surface area (Å²) in [7, 11) is 0. The number of hydrogen-bond acceptors (Lipinski definition) is 1. The zero-order valence-electron chi connectivity index (χ0n) is 5.72. The predicted molar refractivity (Wildman–Crippen MR) is 44.3 cm³/mol. The van der Waals surface area contributed by atoms with Crippen molar-refractivity contribution in [3.63, 3.8) is 0 Å². The minimum absolute atomic E-state index is 0. The van der Waals surface area contributed by atoms with Crippen LogP contribution in [0.25, 0.3) is 0 Å². The van der Waals surface area contributed by atoms with Gasteiger partial charge in [-0.2, -0.15) is 36.4 Å². The summed E-state index contributed by atoms with van der Waals surface area (Å²) < 4.78 is 0. The summed E-state index contributed by atoms with van der Waals surface area (Å²) in [5.41, 5.74) is 0. The van der Waals surface area contributed by atoms with E-state index in [0.717, 1.165) is 0 Å². The molecule has 0 amide bonds. The van der Waals surface area contributed by atoms with Gasteiger partial charge in [0.1, 0.15) is 0 Å². The van der Waals surface area contributed by atoms with Crippen LogP contribution >= 0.6 is 20.3 Å². The van der Waals surface area contributed by atoms with Crippen LogP contribution in [0.4, 0.5) is 0 Å². The molecule has 0 unspecified atom stereocenters. The van der Waals surface area contributed by atoms with Crippen molar-refractivity contribution in [1.82, 2.24) is 0 Å². The molecule has 11 heavy (non-hydrogen) atoms. The average Bonchev–Trinajstić information content (AvgIpc) is 2.14. The first-order chi connectivity index (χ1) is 5.00. The van der Waals surface area contributed by atoms with Gasteiger partial charge in [0.15, 0.2) is 0 Å². The SMILES string of the molecule is [C-]#N.[Cu][I].[Zn+2].[c-]1ccccc1. The van der Waals surface area contributed by atoms with E-state index in [2.05, 4.69) is 18.8 Å². The summed E-state index contributed by atoms with van der Waals surface area (Å²) in [5.74, 6) is 0. The normalized spacial score (nSPS) is 5.18. The Balaban J connectivity index is -0.000000114. The molecule has 0 fully saturated rings. The first-order valence-electron chi connectivity index (χ1n) is 2.25. The Bertz CT molecular complexity index is 119. The standard InChI is InChI=1S/C6H5.CN.Cu.HI.Zn/c1-2-4-6-5-3-1;1-2;;;/h1-5H;;;1H;/q2*-1;+1;;+2/p-1. The third-order valence-electron chi connectivity index (χ3n) is 0.607. The number of benzene rings is 1. The molecule has 58 valence electrons. The molecular formula is C7H5CuINZn. The van der Waals surface area contributed by atoms with Gasteiger partial charge < -0.3 is 11.8 Å². The Kier molecular flexibility index (Phi) is 35.9. The van der Waals surface area contributed by atoms with E-state index in [9.17, 15) is 0 Å². The van der Waals surface area contributed by atoms with Crippen molar-refractivity contribution in [3.8, 4) is 0 Å². The molecule has 0 spiro atoms. The topological polar surface area (TPSA) is 23.8 Å². The number of nitrogens with zero attached hydrogens (tertiary/aromatic N) is 1. The molecule has 0 aromatic heterocycles. The van der Waals surface area contributed by atoms with Crippen LogP contribution in [0, 0.1) is 17.9 Å². The maximum absolute atomic E-state index is 6.25. The zero-order chi connectivity index (χ0) is 8.24. The smallest absolute Gasteiger partial charge is 0.184 e. The fourth-order valence-electron chi connectivity index (χ4n) is 0.342. The van der Waals surface area contributed by atoms with E-state index in [1.54, 1.807) is 20.3 Å². The first-order valence-corrected chi connectivity index (χ1v) is 5.29. The molecule has 0 heterocycles. The summed E-state index contributed by atoms with van der Waals surface area (Å²) in [6.45, 7) is 4.75. The molecule has 0 aliphatic rings. The predicted octanol–water partition coefficient (Wildman–Crippen LogP) is 2.46. The number of hydrogen-bond donors (Lipinski definition) is 0. The molecule has 0 saturated heterocycles. The molecular weight excluding hydrogens is 354 g/mol. The first kappa shape index (κ1) is 17.6. The van der Waals surface area contributed by atoms with Crippen LogP contribution in [0.2, 0.25) is 0 Å². The van der Waals surface area contributed by atoms with E-state index < -0.39 is 0 Å². The maximum Gasteiger partial charge on any atom is 2.00 e. The van der Waals surface area contributed by atoms with E-state index >= 15 is 0 Å². The summed E-state index contributed by atoms with van der Waals surface area (Å²) in [5, 5.41) is 6.25. The third kappa shape index (κ3) is 18.0. The van der Waals surface area contributed by atoms with Gasteiger partial charge in [-0.15, -0.1) is 0 Å². The van der Waals surface area contributed by atoms with E-state index in [-0.39, 0.29) is 19.5 Å². The molecule has 1 rings (SSSR count). The summed E-state index contributed by atoms with van der Waals surface area (Å²) in [6.07, 6.45) is 0. The minimum Gasteiger partial charge on any atom is -0.184 e. The van der Waals surface area contributed by atoms with E-state index in [0.29, 0.717) is 0 Å². The van der Waals surface area contributed by atoms with Gasteiger partial charge in [-0.05, 0) is 0 Å². The number of rotatable bonds is 0. The van der Waals surface area contributed by atoms with Crippen molar-refractivity contribution in [2.24, 2.45) is 0 Å². The maximum atomic E-state index is 6.25. The second kappa shape index (κ2) is 22.4. The molecule has 1 nitrogen and oxygen atoms in total. The molecule has 0 aliphatic carbocycles. The number of halogens is 1. The van der Waals surface area contributed by atoms with E-state index in [1.807, 2.05) is 30.3 Å². The quantitative estimate of drug-likeness (QED) is 0.397. The Labute approximate surface area is 99.9 Å². The Morgan fingerprint density at radius 2 is 1.45 bits per heavy atom. The fourth-order valence-corrected chi connectivity index (χ4v) is 0.342. The van der Waals surface area contributed by atoms with Crippen LogP contribution in [0.5, 0.6) is 0 Å². The summed E-state index contributed by atoms with van der Waals surface area (Å²) in [6, 6.07) is 12.5. The molecule has 0 bridgehead atoms. The van der Waals surface area contributed by atoms with Gasteiger partial charge >= 0.3 is 52.6 Å². The molecule has 0 aliphatic heterocycles. The monoisotopic (exact) mass is 357 g/mol. The van der Waals surface area contributed by atoms with Crippen LogP contribution in [0.1, 0.15) is 0 Å². The van der Waals surface area contributed by atoms with Gasteiger partial charge in [0, 0.05) is 0 Å². The molecule has 4 heteroatoms. The Hall–Kier alpha value is 0.583. The molecule has 0 atom stereocenters. The molecule has 0 N–H and O–H groups in total. The largest absolute Gasteiger partial charge is 2.00 e. The second-order valence-corrected chi connectivity index (χ2v) is 1.08. The summed E-state index contributed by atoms with van der Waals surface area (Å²) >= 11 is 5.87. The minimum atomic E-state index is 0. The fraction of sp³-hybridized carbons (Fsp3) is 0. The van der Waals surface area contributed by atoms with Crippen molar-refractivity contribution in [3.05, 3.63) is 43.0 Å². The van der Waals surface area contributed by atoms with Gasteiger partial charge in [-0.1, -0.05) is 0 Å².